The Balaban J connectivity index is 2.43. The fourth-order valence-corrected chi connectivity index (χ4v) is 3.01. The van der Waals surface area contributed by atoms with Crippen molar-refractivity contribution in [3.05, 3.63) is 47.5 Å². The Labute approximate surface area is 104 Å². The molecular weight excluding hydrogens is 208 g/mol. The fourth-order valence-electron chi connectivity index (χ4n) is 3.01. The summed E-state index contributed by atoms with van der Waals surface area (Å²) in [5, 5.41) is 0. The number of Topliss-reactive ketones (excluding diaryl/α,β-unsaturated/α-hetero) is 1. The van der Waals surface area contributed by atoms with Gasteiger partial charge in [-0.3, -0.25) is 4.79 Å². The molecule has 2 rings (SSSR count). The number of carbonyl (C=O) groups is 1. The van der Waals surface area contributed by atoms with Gasteiger partial charge in [0.05, 0.1) is 0 Å². The lowest BCUT2D eigenvalue weighted by Gasteiger charge is -2.25. The first kappa shape index (κ1) is 12.1. The first-order valence-electron chi connectivity index (χ1n) is 6.38. The van der Waals surface area contributed by atoms with Crippen LogP contribution in [0.4, 0.5) is 0 Å². The molecule has 0 saturated heterocycles. The lowest BCUT2D eigenvalue weighted by molar-refractivity contribution is 0.0806. The van der Waals surface area contributed by atoms with Crippen LogP contribution >= 0.6 is 0 Å². The van der Waals surface area contributed by atoms with Crippen molar-refractivity contribution in [2.45, 2.75) is 39.5 Å². The normalized spacial score (nSPS) is 22.6. The molecule has 0 spiro atoms. The standard InChI is InChI=1S/C16H20O/c1-4-8-16(9-5-2)11-13-7-6-12(3)10-14(13)15(16)17/h4,6-7,10H,1,5,8-9,11H2,2-3H3. The summed E-state index contributed by atoms with van der Waals surface area (Å²) >= 11 is 0. The van der Waals surface area contributed by atoms with Gasteiger partial charge in [0.25, 0.3) is 0 Å². The van der Waals surface area contributed by atoms with Gasteiger partial charge in [-0.25, -0.2) is 0 Å². The quantitative estimate of drug-likeness (QED) is 0.709. The van der Waals surface area contributed by atoms with Gasteiger partial charge in [0.1, 0.15) is 0 Å². The maximum absolute atomic E-state index is 12.6. The molecule has 0 N–H and O–H groups in total. The Hall–Kier alpha value is -1.37. The van der Waals surface area contributed by atoms with Crippen LogP contribution in [0.25, 0.3) is 0 Å². The van der Waals surface area contributed by atoms with Gasteiger partial charge in [-0.05, 0) is 37.8 Å². The van der Waals surface area contributed by atoms with Crippen LogP contribution < -0.4 is 0 Å². The molecule has 90 valence electrons. The third kappa shape index (κ3) is 1.95. The number of fused-ring (bicyclic) bond motifs is 1. The fraction of sp³-hybridized carbons (Fsp3) is 0.438. The number of benzene rings is 1. The second-order valence-corrected chi connectivity index (χ2v) is 5.19. The summed E-state index contributed by atoms with van der Waals surface area (Å²) in [6.07, 6.45) is 5.60. The topological polar surface area (TPSA) is 17.1 Å². The summed E-state index contributed by atoms with van der Waals surface area (Å²) in [6.45, 7) is 8.00. The molecule has 0 saturated carbocycles. The molecule has 17 heavy (non-hydrogen) atoms. The Morgan fingerprint density at radius 2 is 2.24 bits per heavy atom. The molecule has 0 heterocycles. The minimum Gasteiger partial charge on any atom is -0.294 e. The van der Waals surface area contributed by atoms with Crippen LogP contribution in [-0.2, 0) is 6.42 Å². The number of hydrogen-bond acceptors (Lipinski definition) is 1. The zero-order chi connectivity index (χ0) is 12.5. The molecular formula is C16H20O. The summed E-state index contributed by atoms with van der Waals surface area (Å²) in [5.74, 6) is 0.331. The van der Waals surface area contributed by atoms with Crippen molar-refractivity contribution in [1.82, 2.24) is 0 Å². The van der Waals surface area contributed by atoms with Crippen molar-refractivity contribution < 1.29 is 4.79 Å². The SMILES string of the molecule is C=CCC1(CCC)Cc2ccc(C)cc2C1=O. The Morgan fingerprint density at radius 1 is 1.47 bits per heavy atom. The smallest absolute Gasteiger partial charge is 0.169 e. The largest absolute Gasteiger partial charge is 0.294 e. The number of carbonyl (C=O) groups excluding carboxylic acids is 1. The number of hydrogen-bond donors (Lipinski definition) is 0. The first-order chi connectivity index (χ1) is 8.13. The van der Waals surface area contributed by atoms with Crippen LogP contribution in [-0.4, -0.2) is 5.78 Å². The molecule has 1 unspecified atom stereocenters. The van der Waals surface area contributed by atoms with Gasteiger partial charge < -0.3 is 0 Å². The third-order valence-corrected chi connectivity index (χ3v) is 3.78. The summed E-state index contributed by atoms with van der Waals surface area (Å²) in [4.78, 5) is 12.6. The molecule has 0 aromatic heterocycles. The third-order valence-electron chi connectivity index (χ3n) is 3.78. The predicted molar refractivity (Wildman–Crippen MR) is 71.4 cm³/mol. The van der Waals surface area contributed by atoms with Crippen LogP contribution in [0.15, 0.2) is 30.9 Å². The second kappa shape index (κ2) is 4.48. The van der Waals surface area contributed by atoms with Crippen LogP contribution in [0.5, 0.6) is 0 Å². The molecule has 0 bridgehead atoms. The number of aryl methyl sites for hydroxylation is 1. The van der Waals surface area contributed by atoms with Crippen LogP contribution in [0, 0.1) is 12.3 Å². The molecule has 1 aromatic rings. The molecule has 0 aliphatic heterocycles. The molecule has 0 amide bonds. The van der Waals surface area contributed by atoms with Crippen LogP contribution in [0.3, 0.4) is 0 Å². The van der Waals surface area contributed by atoms with E-state index in [1.54, 1.807) is 0 Å². The Morgan fingerprint density at radius 3 is 2.88 bits per heavy atom. The minimum absolute atomic E-state index is 0.202. The number of ketones is 1. The zero-order valence-electron chi connectivity index (χ0n) is 10.8. The van der Waals surface area contributed by atoms with Gasteiger partial charge >= 0.3 is 0 Å². The van der Waals surface area contributed by atoms with E-state index in [-0.39, 0.29) is 5.41 Å². The van der Waals surface area contributed by atoms with Crippen molar-refractivity contribution in [2.24, 2.45) is 5.41 Å². The van der Waals surface area contributed by atoms with E-state index in [0.29, 0.717) is 5.78 Å². The van der Waals surface area contributed by atoms with Gasteiger partial charge in [0.15, 0.2) is 5.78 Å². The number of rotatable bonds is 4. The van der Waals surface area contributed by atoms with E-state index in [9.17, 15) is 4.79 Å². The van der Waals surface area contributed by atoms with Crippen molar-refractivity contribution in [3.63, 3.8) is 0 Å². The summed E-state index contributed by atoms with van der Waals surface area (Å²) in [7, 11) is 0. The van der Waals surface area contributed by atoms with Gasteiger partial charge in [-0.2, -0.15) is 0 Å². The highest BCUT2D eigenvalue weighted by Crippen LogP contribution is 2.43. The lowest BCUT2D eigenvalue weighted by Crippen LogP contribution is -2.27. The van der Waals surface area contributed by atoms with E-state index in [4.69, 9.17) is 0 Å². The monoisotopic (exact) mass is 228 g/mol. The molecule has 0 fully saturated rings. The molecule has 0 radical (unpaired) electrons. The van der Waals surface area contributed by atoms with Gasteiger partial charge in [-0.15, -0.1) is 6.58 Å². The van der Waals surface area contributed by atoms with Crippen molar-refractivity contribution in [1.29, 1.82) is 0 Å². The molecule has 1 aliphatic carbocycles. The van der Waals surface area contributed by atoms with Crippen molar-refractivity contribution >= 4 is 5.78 Å². The average Bonchev–Trinajstić information content (AvgIpc) is 2.55. The summed E-state index contributed by atoms with van der Waals surface area (Å²) in [5.41, 5.74) is 3.13. The number of allylic oxidation sites excluding steroid dienone is 1. The first-order valence-corrected chi connectivity index (χ1v) is 6.38. The minimum atomic E-state index is -0.202. The molecule has 1 aromatic carbocycles. The molecule has 1 heteroatoms. The van der Waals surface area contributed by atoms with Crippen LogP contribution in [0.2, 0.25) is 0 Å². The van der Waals surface area contributed by atoms with E-state index in [0.717, 1.165) is 31.2 Å². The second-order valence-electron chi connectivity index (χ2n) is 5.19. The van der Waals surface area contributed by atoms with Gasteiger partial charge in [-0.1, -0.05) is 37.1 Å². The summed E-state index contributed by atoms with van der Waals surface area (Å²) < 4.78 is 0. The van der Waals surface area contributed by atoms with E-state index < -0.39 is 0 Å². The maximum Gasteiger partial charge on any atom is 0.169 e. The van der Waals surface area contributed by atoms with E-state index >= 15 is 0 Å². The van der Waals surface area contributed by atoms with E-state index in [1.807, 2.05) is 19.1 Å². The van der Waals surface area contributed by atoms with Gasteiger partial charge in [0.2, 0.25) is 0 Å². The molecule has 1 aliphatic rings. The highest BCUT2D eigenvalue weighted by molar-refractivity contribution is 6.05. The molecule has 1 nitrogen and oxygen atoms in total. The Bertz CT molecular complexity index is 459. The van der Waals surface area contributed by atoms with E-state index in [1.165, 1.54) is 11.1 Å². The van der Waals surface area contributed by atoms with Crippen LogP contribution in [0.1, 0.15) is 47.7 Å². The highest BCUT2D eigenvalue weighted by atomic mass is 16.1. The van der Waals surface area contributed by atoms with Gasteiger partial charge in [0, 0.05) is 11.0 Å². The van der Waals surface area contributed by atoms with Crippen molar-refractivity contribution in [2.75, 3.05) is 0 Å². The lowest BCUT2D eigenvalue weighted by atomic mass is 9.76. The van der Waals surface area contributed by atoms with E-state index in [2.05, 4.69) is 25.6 Å². The molecule has 1 atom stereocenters. The van der Waals surface area contributed by atoms with Crippen molar-refractivity contribution in [3.8, 4) is 0 Å². The average molecular weight is 228 g/mol. The zero-order valence-corrected chi connectivity index (χ0v) is 10.8. The predicted octanol–water partition coefficient (Wildman–Crippen LogP) is 4.10. The highest BCUT2D eigenvalue weighted by Gasteiger charge is 2.43. The maximum atomic E-state index is 12.6. The Kier molecular flexibility index (Phi) is 3.19. The summed E-state index contributed by atoms with van der Waals surface area (Å²) in [6, 6.07) is 6.25.